The van der Waals surface area contributed by atoms with Crippen LogP contribution in [0.1, 0.15) is 5.82 Å². The Balaban J connectivity index is 1.53. The molecule has 2 heterocycles. The Labute approximate surface area is 149 Å². The second-order valence-electron chi connectivity index (χ2n) is 5.65. The first-order chi connectivity index (χ1) is 12.2. The first kappa shape index (κ1) is 15.6. The van der Waals surface area contributed by atoms with Crippen LogP contribution in [0.2, 0.25) is 5.02 Å². The summed E-state index contributed by atoms with van der Waals surface area (Å²) < 4.78 is 7.73. The van der Waals surface area contributed by atoms with E-state index in [2.05, 4.69) is 15.0 Å². The molecule has 0 aliphatic carbocycles. The number of rotatable bonds is 4. The minimum atomic E-state index is 0.317. The van der Waals surface area contributed by atoms with E-state index in [1.165, 1.54) is 0 Å². The standard InChI is InChI=1S/C19H15ClN4O/c1-24-11-17(13-5-3-2-4-6-13)22-18(24)12-25-19-10-21-16-9-14(20)7-8-15(16)23-19/h2-11H,12H2,1H3. The highest BCUT2D eigenvalue weighted by Crippen LogP contribution is 2.20. The molecule has 0 bridgehead atoms. The Morgan fingerprint density at radius 1 is 1.04 bits per heavy atom. The van der Waals surface area contributed by atoms with Crippen molar-refractivity contribution in [1.82, 2.24) is 19.5 Å². The summed E-state index contributed by atoms with van der Waals surface area (Å²) >= 11 is 5.96. The highest BCUT2D eigenvalue weighted by molar-refractivity contribution is 6.31. The van der Waals surface area contributed by atoms with Gasteiger partial charge in [0.05, 0.1) is 22.9 Å². The summed E-state index contributed by atoms with van der Waals surface area (Å²) in [5, 5.41) is 0.636. The number of imidazole rings is 1. The molecule has 0 amide bonds. The molecule has 0 atom stereocenters. The van der Waals surface area contributed by atoms with E-state index in [1.54, 1.807) is 18.3 Å². The van der Waals surface area contributed by atoms with Crippen molar-refractivity contribution in [3.63, 3.8) is 0 Å². The molecule has 2 aromatic carbocycles. The molecule has 0 fully saturated rings. The number of ether oxygens (including phenoxy) is 1. The molecule has 0 N–H and O–H groups in total. The quantitative estimate of drug-likeness (QED) is 0.551. The predicted molar refractivity (Wildman–Crippen MR) is 97.5 cm³/mol. The third kappa shape index (κ3) is 3.32. The Morgan fingerprint density at radius 3 is 2.72 bits per heavy atom. The van der Waals surface area contributed by atoms with Gasteiger partial charge in [0.2, 0.25) is 5.88 Å². The van der Waals surface area contributed by atoms with Gasteiger partial charge in [-0.3, -0.25) is 0 Å². The van der Waals surface area contributed by atoms with Gasteiger partial charge in [-0.1, -0.05) is 41.9 Å². The van der Waals surface area contributed by atoms with Crippen molar-refractivity contribution >= 4 is 22.6 Å². The lowest BCUT2D eigenvalue weighted by Crippen LogP contribution is -2.04. The molecule has 0 aliphatic rings. The Morgan fingerprint density at radius 2 is 1.88 bits per heavy atom. The van der Waals surface area contributed by atoms with E-state index in [9.17, 15) is 0 Å². The van der Waals surface area contributed by atoms with Crippen LogP contribution in [0.25, 0.3) is 22.3 Å². The van der Waals surface area contributed by atoms with Gasteiger partial charge in [0.1, 0.15) is 12.4 Å². The number of aromatic nitrogens is 4. The lowest BCUT2D eigenvalue weighted by atomic mass is 10.2. The fourth-order valence-corrected chi connectivity index (χ4v) is 2.73. The lowest BCUT2D eigenvalue weighted by molar-refractivity contribution is 0.280. The Hall–Kier alpha value is -2.92. The molecule has 0 radical (unpaired) electrons. The number of aryl methyl sites for hydroxylation is 1. The summed E-state index contributed by atoms with van der Waals surface area (Å²) in [6.45, 7) is 0.317. The molecular weight excluding hydrogens is 336 g/mol. The van der Waals surface area contributed by atoms with Crippen LogP contribution in [0.5, 0.6) is 5.88 Å². The van der Waals surface area contributed by atoms with Crippen LogP contribution in [0.3, 0.4) is 0 Å². The van der Waals surface area contributed by atoms with Crippen molar-refractivity contribution in [2.75, 3.05) is 0 Å². The van der Waals surface area contributed by atoms with Crippen LogP contribution in [-0.4, -0.2) is 19.5 Å². The van der Waals surface area contributed by atoms with E-state index in [0.717, 1.165) is 28.1 Å². The number of hydrogen-bond acceptors (Lipinski definition) is 4. The zero-order chi connectivity index (χ0) is 17.2. The topological polar surface area (TPSA) is 52.8 Å². The number of fused-ring (bicyclic) bond motifs is 1. The van der Waals surface area contributed by atoms with Crippen molar-refractivity contribution in [2.24, 2.45) is 7.05 Å². The molecule has 25 heavy (non-hydrogen) atoms. The van der Waals surface area contributed by atoms with Gasteiger partial charge in [-0.05, 0) is 18.2 Å². The average molecular weight is 351 g/mol. The van der Waals surface area contributed by atoms with Crippen LogP contribution in [0.15, 0.2) is 60.9 Å². The molecule has 4 aromatic rings. The highest BCUT2D eigenvalue weighted by Gasteiger charge is 2.09. The summed E-state index contributed by atoms with van der Waals surface area (Å²) in [6.07, 6.45) is 3.59. The van der Waals surface area contributed by atoms with Crippen molar-refractivity contribution in [3.8, 4) is 17.1 Å². The van der Waals surface area contributed by atoms with Gasteiger partial charge < -0.3 is 9.30 Å². The van der Waals surface area contributed by atoms with Crippen LogP contribution in [0.4, 0.5) is 0 Å². The van der Waals surface area contributed by atoms with E-state index >= 15 is 0 Å². The van der Waals surface area contributed by atoms with Crippen LogP contribution >= 0.6 is 11.6 Å². The second-order valence-corrected chi connectivity index (χ2v) is 6.09. The Kier molecular flexibility index (Phi) is 4.07. The largest absolute Gasteiger partial charge is 0.468 e. The molecule has 0 aliphatic heterocycles. The van der Waals surface area contributed by atoms with Gasteiger partial charge in [0.25, 0.3) is 0 Å². The second kappa shape index (κ2) is 6.53. The summed E-state index contributed by atoms with van der Waals surface area (Å²) in [7, 11) is 1.95. The average Bonchev–Trinajstić information content (AvgIpc) is 3.01. The zero-order valence-corrected chi connectivity index (χ0v) is 14.3. The van der Waals surface area contributed by atoms with E-state index < -0.39 is 0 Å². The fraction of sp³-hybridized carbons (Fsp3) is 0.105. The highest BCUT2D eigenvalue weighted by atomic mass is 35.5. The maximum absolute atomic E-state index is 5.96. The molecule has 0 unspecified atom stereocenters. The third-order valence-electron chi connectivity index (χ3n) is 3.87. The van der Waals surface area contributed by atoms with E-state index in [1.807, 2.05) is 54.2 Å². The van der Waals surface area contributed by atoms with Gasteiger partial charge in [-0.25, -0.2) is 15.0 Å². The normalized spacial score (nSPS) is 11.0. The molecule has 0 saturated heterocycles. The molecule has 0 saturated carbocycles. The third-order valence-corrected chi connectivity index (χ3v) is 4.11. The summed E-state index contributed by atoms with van der Waals surface area (Å²) in [6, 6.07) is 15.4. The van der Waals surface area contributed by atoms with E-state index in [4.69, 9.17) is 16.3 Å². The molecular formula is C19H15ClN4O. The van der Waals surface area contributed by atoms with Gasteiger partial charge >= 0.3 is 0 Å². The Bertz CT molecular complexity index is 1030. The van der Waals surface area contributed by atoms with Crippen molar-refractivity contribution < 1.29 is 4.74 Å². The van der Waals surface area contributed by atoms with Crippen LogP contribution in [-0.2, 0) is 13.7 Å². The van der Waals surface area contributed by atoms with E-state index in [-0.39, 0.29) is 0 Å². The summed E-state index contributed by atoms with van der Waals surface area (Å²) in [5.41, 5.74) is 3.47. The minimum absolute atomic E-state index is 0.317. The zero-order valence-electron chi connectivity index (χ0n) is 13.6. The maximum atomic E-state index is 5.96. The first-order valence-electron chi connectivity index (χ1n) is 7.82. The van der Waals surface area contributed by atoms with Gasteiger partial charge in [0.15, 0.2) is 0 Å². The maximum Gasteiger partial charge on any atom is 0.233 e. The smallest absolute Gasteiger partial charge is 0.233 e. The van der Waals surface area contributed by atoms with Crippen LogP contribution < -0.4 is 4.74 Å². The molecule has 2 aromatic heterocycles. The monoisotopic (exact) mass is 350 g/mol. The molecule has 124 valence electrons. The first-order valence-corrected chi connectivity index (χ1v) is 8.19. The molecule has 4 rings (SSSR count). The number of benzene rings is 2. The lowest BCUT2D eigenvalue weighted by Gasteiger charge is -2.06. The van der Waals surface area contributed by atoms with Gasteiger partial charge in [-0.2, -0.15) is 0 Å². The van der Waals surface area contributed by atoms with Gasteiger partial charge in [0, 0.05) is 23.8 Å². The van der Waals surface area contributed by atoms with Crippen LogP contribution in [0, 0.1) is 0 Å². The van der Waals surface area contributed by atoms with Gasteiger partial charge in [-0.15, -0.1) is 0 Å². The van der Waals surface area contributed by atoms with E-state index in [0.29, 0.717) is 17.5 Å². The van der Waals surface area contributed by atoms with Crippen molar-refractivity contribution in [1.29, 1.82) is 0 Å². The summed E-state index contributed by atoms with van der Waals surface area (Å²) in [4.78, 5) is 13.4. The summed E-state index contributed by atoms with van der Waals surface area (Å²) in [5.74, 6) is 1.27. The number of hydrogen-bond donors (Lipinski definition) is 0. The number of nitrogens with zero attached hydrogens (tertiary/aromatic N) is 4. The molecule has 0 spiro atoms. The van der Waals surface area contributed by atoms with Crippen molar-refractivity contribution in [3.05, 3.63) is 71.8 Å². The molecule has 5 nitrogen and oxygen atoms in total. The SMILES string of the molecule is Cn1cc(-c2ccccc2)nc1COc1cnc2cc(Cl)ccc2n1. The minimum Gasteiger partial charge on any atom is -0.468 e. The van der Waals surface area contributed by atoms with Crippen molar-refractivity contribution in [2.45, 2.75) is 6.61 Å². The fourth-order valence-electron chi connectivity index (χ4n) is 2.56. The predicted octanol–water partition coefficient (Wildman–Crippen LogP) is 4.26. The number of halogens is 1. The molecule has 6 heteroatoms.